The second kappa shape index (κ2) is 30.8. The maximum absolute atomic E-state index is 9.33. The van der Waals surface area contributed by atoms with Crippen LogP contribution in [0.5, 0.6) is 0 Å². The standard InChI is InChI=1S/C50H52O12Si8.5CH5O3P/c1-42(40-50(2,3)4)41-63-51-64(43-26-12-5-13-27-43)54-67(46-32-18-8-19-33-46)56-65(52-63,44-28-14-6-15-29-44)58-69(48-36-22-10-23-37-48)59-66(53-63,45-30-16-7-17-31-45)57-68(55-64,47-34-20-9-21-35-47)61-70(60-67,62-69)49-38-24-11-25-39-49;5*1-5(2,3)4/h5-39,42H,40-41H2,1-4H3;5*1H3,(H2,2,3,4). The van der Waals surface area contributed by atoms with Crippen molar-refractivity contribution < 1.29 is 121 Å². The molecule has 13 rings (SSSR count). The molecule has 0 aliphatic carbocycles. The summed E-state index contributed by atoms with van der Waals surface area (Å²) in [7, 11) is -55.6. The molecule has 40 heteroatoms. The van der Waals surface area contributed by atoms with Gasteiger partial charge in [0.1, 0.15) is 0 Å². The van der Waals surface area contributed by atoms with E-state index in [-0.39, 0.29) is 17.4 Å². The number of rotatable bonds is 10. The Balaban J connectivity index is 0.000000437. The normalized spacial score (nSPS) is 28.0. The molecule has 1 unspecified atom stereocenters. The third-order valence-corrected chi connectivity index (χ3v) is 47.5. The van der Waals surface area contributed by atoms with Crippen LogP contribution in [0.3, 0.4) is 0 Å². The van der Waals surface area contributed by atoms with E-state index in [9.17, 15) is 22.8 Å². The van der Waals surface area contributed by atoms with Gasteiger partial charge in [-0.1, -0.05) is 240 Å². The van der Waals surface area contributed by atoms with Crippen molar-refractivity contribution in [3.8, 4) is 0 Å². The molecule has 7 aromatic rings. The van der Waals surface area contributed by atoms with Crippen LogP contribution in [0, 0.1) is 11.3 Å². The first-order chi connectivity index (χ1) is 43.8. The highest BCUT2D eigenvalue weighted by Crippen LogP contribution is 2.50. The molecule has 6 heterocycles. The van der Waals surface area contributed by atoms with Crippen molar-refractivity contribution in [2.45, 2.75) is 40.2 Å². The molecule has 6 aliphatic rings. The zero-order valence-electron chi connectivity index (χ0n) is 52.8. The fourth-order valence-corrected chi connectivity index (χ4v) is 56.9. The lowest BCUT2D eigenvalue weighted by molar-refractivity contribution is -0.00777. The molecule has 8 bridgehead atoms. The Hall–Kier alpha value is -3.45. The molecule has 0 amide bonds. The van der Waals surface area contributed by atoms with Crippen molar-refractivity contribution in [1.29, 1.82) is 0 Å². The molecule has 27 nitrogen and oxygen atoms in total. The number of benzene rings is 7. The van der Waals surface area contributed by atoms with E-state index in [0.29, 0.717) is 36.3 Å². The van der Waals surface area contributed by atoms with Crippen LogP contribution in [0.15, 0.2) is 212 Å². The van der Waals surface area contributed by atoms with Crippen LogP contribution in [0.25, 0.3) is 0 Å². The lowest BCUT2D eigenvalue weighted by Crippen LogP contribution is -2.95. The van der Waals surface area contributed by atoms with E-state index >= 15 is 0 Å². The molecule has 0 spiro atoms. The number of hydrogen-bond acceptors (Lipinski definition) is 17. The van der Waals surface area contributed by atoms with Gasteiger partial charge in [-0.05, 0) is 17.8 Å². The van der Waals surface area contributed by atoms with Crippen molar-refractivity contribution in [3.63, 3.8) is 0 Å². The van der Waals surface area contributed by atoms with Gasteiger partial charge in [0.15, 0.2) is 0 Å². The maximum Gasteiger partial charge on any atom is 0.515 e. The monoisotopic (exact) mass is 1550 g/mol. The van der Waals surface area contributed by atoms with Crippen LogP contribution in [0.2, 0.25) is 6.04 Å². The first-order valence-electron chi connectivity index (χ1n) is 28.8. The minimum atomic E-state index is -4.72. The predicted octanol–water partition coefficient (Wildman–Crippen LogP) is 4.16. The molecular weight excluding hydrogens is 1470 g/mol. The molecule has 1 atom stereocenters. The molecule has 6 aliphatic heterocycles. The summed E-state index contributed by atoms with van der Waals surface area (Å²) in [4.78, 5) is 76.3. The van der Waals surface area contributed by atoms with Crippen LogP contribution in [0.1, 0.15) is 34.1 Å². The SMILES string of the molecule is CC(CC(C)(C)C)C[Si]12O[Si]3(c4ccccc4)O[Si]4(c5ccccc5)O[Si](c5ccccc5)(O1)O[Si]1(c5ccccc5)O[Si](c5ccccc5)(O2)O[Si](c2ccccc2)(O3)O[Si](c2ccccc2)(O4)O1.CP(=O)(O)O.CP(=O)(O)O.CP(=O)(O)O.CP(=O)(O)O.CP(=O)(O)O. The molecule has 0 radical (unpaired) electrons. The van der Waals surface area contributed by atoms with Gasteiger partial charge in [-0.15, -0.1) is 0 Å². The lowest BCUT2D eigenvalue weighted by atomic mass is 9.86. The molecule has 0 saturated carbocycles. The average molecular weight is 1550 g/mol. The summed E-state index contributed by atoms with van der Waals surface area (Å²) in [6, 6.07) is 68.4. The molecule has 6 saturated heterocycles. The summed E-state index contributed by atoms with van der Waals surface area (Å²) in [5.74, 6) is -0.0524. The van der Waals surface area contributed by atoms with Crippen LogP contribution in [-0.2, 0) is 72.2 Å². The third kappa shape index (κ3) is 22.8. The zero-order chi connectivity index (χ0) is 70.3. The molecule has 6 fully saturated rings. The lowest BCUT2D eigenvalue weighted by Gasteiger charge is -2.63. The summed E-state index contributed by atoms with van der Waals surface area (Å²) < 4.78 is 145. The van der Waals surface area contributed by atoms with Crippen LogP contribution in [0.4, 0.5) is 0 Å². The summed E-state index contributed by atoms with van der Waals surface area (Å²) in [5, 5.41) is 4.22. The quantitative estimate of drug-likeness (QED) is 0.0679. The summed E-state index contributed by atoms with van der Waals surface area (Å²) in [6.45, 7) is 13.2. The first kappa shape index (κ1) is 78.9. The number of hydrogen-bond donors (Lipinski definition) is 10. The highest BCUT2D eigenvalue weighted by atomic mass is 31.2. The van der Waals surface area contributed by atoms with E-state index in [2.05, 4.69) is 27.7 Å². The van der Waals surface area contributed by atoms with Crippen LogP contribution < -0.4 is 36.3 Å². The Morgan fingerprint density at radius 2 is 0.411 bits per heavy atom. The predicted molar refractivity (Wildman–Crippen MR) is 369 cm³/mol. The van der Waals surface area contributed by atoms with E-state index in [0.717, 1.165) is 39.7 Å². The Morgan fingerprint density at radius 3 is 0.537 bits per heavy atom. The van der Waals surface area contributed by atoms with Crippen LogP contribution in [-0.4, -0.2) is 153 Å². The van der Waals surface area contributed by atoms with Gasteiger partial charge >= 0.3 is 108 Å². The van der Waals surface area contributed by atoms with Crippen molar-refractivity contribution in [2.75, 3.05) is 33.3 Å². The topological polar surface area (TPSA) is 398 Å². The van der Waals surface area contributed by atoms with Gasteiger partial charge in [-0.25, -0.2) is 0 Å². The van der Waals surface area contributed by atoms with Gasteiger partial charge in [0.2, 0.25) is 0 Å². The van der Waals surface area contributed by atoms with Gasteiger partial charge < -0.3 is 98.3 Å². The Bertz CT molecular complexity index is 3440. The van der Waals surface area contributed by atoms with Gasteiger partial charge in [-0.2, -0.15) is 0 Å². The minimum Gasteiger partial charge on any atom is -0.370 e. The first-order valence-corrected chi connectivity index (χ1v) is 53.1. The zero-order valence-corrected chi connectivity index (χ0v) is 65.3. The molecule has 516 valence electrons. The minimum absolute atomic E-state index is 0.0524. The summed E-state index contributed by atoms with van der Waals surface area (Å²) >= 11 is 0. The highest BCUT2D eigenvalue weighted by Gasteiger charge is 2.86. The molecular formula is C55H77O27P5Si8. The second-order valence-electron chi connectivity index (χ2n) is 23.6. The van der Waals surface area contributed by atoms with Gasteiger partial charge in [0, 0.05) is 75.7 Å². The Kier molecular flexibility index (Phi) is 25.6. The third-order valence-electron chi connectivity index (χ3n) is 12.7. The van der Waals surface area contributed by atoms with E-state index in [1.807, 2.05) is 212 Å². The maximum atomic E-state index is 9.33. The van der Waals surface area contributed by atoms with E-state index in [1.165, 1.54) is 0 Å². The smallest absolute Gasteiger partial charge is 0.370 e. The van der Waals surface area contributed by atoms with E-state index in [1.54, 1.807) is 0 Å². The fraction of sp³-hybridized carbons (Fsp3) is 0.236. The molecule has 95 heavy (non-hydrogen) atoms. The summed E-state index contributed by atoms with van der Waals surface area (Å²) in [5.41, 5.74) is -0.0870. The van der Waals surface area contributed by atoms with E-state index in [4.69, 9.17) is 98.3 Å². The Labute approximate surface area is 559 Å². The molecule has 0 aromatic heterocycles. The van der Waals surface area contributed by atoms with Crippen molar-refractivity contribution in [3.05, 3.63) is 212 Å². The second-order valence-corrected chi connectivity index (χ2v) is 55.4. The van der Waals surface area contributed by atoms with Crippen LogP contribution >= 0.6 is 38.0 Å². The Morgan fingerprint density at radius 1 is 0.284 bits per heavy atom. The fourth-order valence-electron chi connectivity index (χ4n) is 10.1. The van der Waals surface area contributed by atoms with Crippen molar-refractivity contribution in [1.82, 2.24) is 0 Å². The summed E-state index contributed by atoms with van der Waals surface area (Å²) in [6.07, 6.45) is 0.789. The van der Waals surface area contributed by atoms with Gasteiger partial charge in [0.05, 0.1) is 0 Å². The largest absolute Gasteiger partial charge is 0.515 e. The van der Waals surface area contributed by atoms with Gasteiger partial charge in [0.25, 0.3) is 0 Å². The van der Waals surface area contributed by atoms with Crippen molar-refractivity contribution in [2.24, 2.45) is 11.3 Å². The molecule has 7 aromatic carbocycles. The molecule has 10 N–H and O–H groups in total. The highest BCUT2D eigenvalue weighted by molar-refractivity contribution is 7.51. The van der Waals surface area contributed by atoms with E-state index < -0.39 is 108 Å². The van der Waals surface area contributed by atoms with Crippen molar-refractivity contribution >= 4 is 145 Å². The van der Waals surface area contributed by atoms with Gasteiger partial charge in [-0.3, -0.25) is 22.8 Å². The average Bonchev–Trinajstić information content (AvgIpc) is 0.669.